The van der Waals surface area contributed by atoms with Gasteiger partial charge in [0.1, 0.15) is 0 Å². The maximum atomic E-state index is 12.0. The van der Waals surface area contributed by atoms with Crippen LogP contribution in [0.25, 0.3) is 0 Å². The Morgan fingerprint density at radius 2 is 1.90 bits per heavy atom. The second-order valence-corrected chi connectivity index (χ2v) is 5.11. The number of aromatic nitrogens is 2. The van der Waals surface area contributed by atoms with Gasteiger partial charge in [-0.1, -0.05) is 44.2 Å². The second kappa shape index (κ2) is 6.23. The van der Waals surface area contributed by atoms with Crippen molar-refractivity contribution in [1.82, 2.24) is 15.1 Å². The van der Waals surface area contributed by atoms with Gasteiger partial charge in [0.15, 0.2) is 5.82 Å². The molecule has 0 bridgehead atoms. The molecule has 0 radical (unpaired) electrons. The molecular weight excluding hydrogens is 252 g/mol. The van der Waals surface area contributed by atoms with E-state index in [1.54, 1.807) is 16.9 Å². The van der Waals surface area contributed by atoms with E-state index in [1.807, 2.05) is 37.4 Å². The number of carbonyl (C=O) groups is 1. The van der Waals surface area contributed by atoms with Crippen LogP contribution in [0.4, 0.5) is 10.6 Å². The predicted molar refractivity (Wildman–Crippen MR) is 79.4 cm³/mol. The topological polar surface area (TPSA) is 59.0 Å². The Labute approximate surface area is 119 Å². The number of nitrogens with zero attached hydrogens (tertiary/aromatic N) is 2. The highest BCUT2D eigenvalue weighted by atomic mass is 16.2. The van der Waals surface area contributed by atoms with Crippen LogP contribution in [0.1, 0.15) is 25.5 Å². The molecule has 0 saturated heterocycles. The summed E-state index contributed by atoms with van der Waals surface area (Å²) in [6, 6.07) is 11.4. The molecule has 106 valence electrons. The van der Waals surface area contributed by atoms with Gasteiger partial charge in [0.05, 0.1) is 6.04 Å². The Bertz CT molecular complexity index is 562. The van der Waals surface area contributed by atoms with Crippen molar-refractivity contribution in [3.63, 3.8) is 0 Å². The molecule has 1 heterocycles. The second-order valence-electron chi connectivity index (χ2n) is 5.11. The molecule has 0 aliphatic rings. The zero-order valence-corrected chi connectivity index (χ0v) is 12.0. The molecule has 5 heteroatoms. The third kappa shape index (κ3) is 3.60. The first-order valence-corrected chi connectivity index (χ1v) is 6.68. The van der Waals surface area contributed by atoms with Crippen molar-refractivity contribution in [1.29, 1.82) is 0 Å². The van der Waals surface area contributed by atoms with Gasteiger partial charge in [-0.3, -0.25) is 10.00 Å². The van der Waals surface area contributed by atoms with E-state index in [2.05, 4.69) is 29.6 Å². The lowest BCUT2D eigenvalue weighted by Crippen LogP contribution is -2.35. The minimum absolute atomic E-state index is 0.0279. The van der Waals surface area contributed by atoms with Gasteiger partial charge in [-0.25, -0.2) is 4.79 Å². The summed E-state index contributed by atoms with van der Waals surface area (Å²) in [6.45, 7) is 4.16. The van der Waals surface area contributed by atoms with E-state index >= 15 is 0 Å². The highest BCUT2D eigenvalue weighted by Gasteiger charge is 2.18. The van der Waals surface area contributed by atoms with Crippen LogP contribution in [0.2, 0.25) is 0 Å². The molecule has 2 aromatic rings. The maximum absolute atomic E-state index is 12.0. The Kier molecular flexibility index (Phi) is 4.40. The first-order valence-electron chi connectivity index (χ1n) is 6.68. The molecule has 2 rings (SSSR count). The third-order valence-corrected chi connectivity index (χ3v) is 3.07. The van der Waals surface area contributed by atoms with E-state index in [0.29, 0.717) is 11.7 Å². The fraction of sp³-hybridized carbons (Fsp3) is 0.333. The smallest absolute Gasteiger partial charge is 0.320 e. The molecule has 1 aromatic heterocycles. The number of nitrogens with one attached hydrogen (secondary N) is 2. The lowest BCUT2D eigenvalue weighted by molar-refractivity contribution is 0.244. The quantitative estimate of drug-likeness (QED) is 0.899. The van der Waals surface area contributed by atoms with Gasteiger partial charge >= 0.3 is 6.03 Å². The average Bonchev–Trinajstić information content (AvgIpc) is 2.82. The fourth-order valence-corrected chi connectivity index (χ4v) is 2.07. The molecule has 0 saturated carbocycles. The van der Waals surface area contributed by atoms with Gasteiger partial charge in [0.2, 0.25) is 0 Å². The Morgan fingerprint density at radius 1 is 1.20 bits per heavy atom. The molecule has 0 aliphatic heterocycles. The number of aryl methyl sites for hydroxylation is 1. The Hall–Kier alpha value is -2.30. The number of rotatable bonds is 4. The average molecular weight is 272 g/mol. The van der Waals surface area contributed by atoms with E-state index in [-0.39, 0.29) is 12.1 Å². The summed E-state index contributed by atoms with van der Waals surface area (Å²) in [5, 5.41) is 9.85. The van der Waals surface area contributed by atoms with Gasteiger partial charge in [-0.2, -0.15) is 5.10 Å². The molecule has 0 aliphatic carbocycles. The van der Waals surface area contributed by atoms with Gasteiger partial charge in [-0.15, -0.1) is 0 Å². The summed E-state index contributed by atoms with van der Waals surface area (Å²) >= 11 is 0. The first kappa shape index (κ1) is 14.1. The molecule has 1 aromatic carbocycles. The highest BCUT2D eigenvalue weighted by Crippen LogP contribution is 2.21. The van der Waals surface area contributed by atoms with Gasteiger partial charge in [0, 0.05) is 19.3 Å². The van der Waals surface area contributed by atoms with Crippen LogP contribution in [-0.2, 0) is 7.05 Å². The minimum Gasteiger partial charge on any atom is -0.331 e. The summed E-state index contributed by atoms with van der Waals surface area (Å²) < 4.78 is 1.65. The number of anilines is 1. The van der Waals surface area contributed by atoms with E-state index in [4.69, 9.17) is 0 Å². The first-order chi connectivity index (χ1) is 9.56. The SMILES string of the molecule is CC(C)C(NC(=O)Nc1ccn(C)n1)c1ccccc1. The summed E-state index contributed by atoms with van der Waals surface area (Å²) in [4.78, 5) is 12.0. The lowest BCUT2D eigenvalue weighted by atomic mass is 9.96. The monoisotopic (exact) mass is 272 g/mol. The van der Waals surface area contributed by atoms with Crippen molar-refractivity contribution in [2.45, 2.75) is 19.9 Å². The van der Waals surface area contributed by atoms with Crippen LogP contribution in [0.5, 0.6) is 0 Å². The van der Waals surface area contributed by atoms with Crippen molar-refractivity contribution in [2.24, 2.45) is 13.0 Å². The lowest BCUT2D eigenvalue weighted by Gasteiger charge is -2.22. The predicted octanol–water partition coefficient (Wildman–Crippen LogP) is 2.94. The Morgan fingerprint density at radius 3 is 2.45 bits per heavy atom. The van der Waals surface area contributed by atoms with Crippen molar-refractivity contribution >= 4 is 11.8 Å². The molecule has 0 spiro atoms. The van der Waals surface area contributed by atoms with Crippen LogP contribution < -0.4 is 10.6 Å². The van der Waals surface area contributed by atoms with E-state index in [0.717, 1.165) is 5.56 Å². The van der Waals surface area contributed by atoms with Crippen LogP contribution >= 0.6 is 0 Å². The summed E-state index contributed by atoms with van der Waals surface area (Å²) in [5.74, 6) is 0.840. The van der Waals surface area contributed by atoms with Crippen molar-refractivity contribution in [3.8, 4) is 0 Å². The number of hydrogen-bond donors (Lipinski definition) is 2. The molecule has 2 amide bonds. The van der Waals surface area contributed by atoms with Crippen LogP contribution in [-0.4, -0.2) is 15.8 Å². The van der Waals surface area contributed by atoms with Crippen LogP contribution in [0.15, 0.2) is 42.6 Å². The standard InChI is InChI=1S/C15H20N4O/c1-11(2)14(12-7-5-4-6-8-12)17-15(20)16-13-9-10-19(3)18-13/h4-11,14H,1-3H3,(H2,16,17,18,20). The van der Waals surface area contributed by atoms with E-state index < -0.39 is 0 Å². The molecule has 1 atom stereocenters. The van der Waals surface area contributed by atoms with Crippen molar-refractivity contribution < 1.29 is 4.79 Å². The Balaban J connectivity index is 2.03. The largest absolute Gasteiger partial charge is 0.331 e. The molecule has 2 N–H and O–H groups in total. The number of hydrogen-bond acceptors (Lipinski definition) is 2. The molecule has 1 unspecified atom stereocenters. The molecular formula is C15H20N4O. The normalized spacial score (nSPS) is 12.2. The summed E-state index contributed by atoms with van der Waals surface area (Å²) in [7, 11) is 1.81. The molecule has 20 heavy (non-hydrogen) atoms. The highest BCUT2D eigenvalue weighted by molar-refractivity contribution is 5.88. The zero-order chi connectivity index (χ0) is 14.5. The molecule has 0 fully saturated rings. The van der Waals surface area contributed by atoms with Gasteiger partial charge in [-0.05, 0) is 11.5 Å². The van der Waals surface area contributed by atoms with Crippen molar-refractivity contribution in [2.75, 3.05) is 5.32 Å². The van der Waals surface area contributed by atoms with Gasteiger partial charge in [0.25, 0.3) is 0 Å². The summed E-state index contributed by atoms with van der Waals surface area (Å²) in [5.41, 5.74) is 1.10. The number of carbonyl (C=O) groups excluding carboxylic acids is 1. The zero-order valence-electron chi connectivity index (χ0n) is 12.0. The fourth-order valence-electron chi connectivity index (χ4n) is 2.07. The van der Waals surface area contributed by atoms with Gasteiger partial charge < -0.3 is 5.32 Å². The van der Waals surface area contributed by atoms with Crippen LogP contribution in [0.3, 0.4) is 0 Å². The third-order valence-electron chi connectivity index (χ3n) is 3.07. The summed E-state index contributed by atoms with van der Waals surface area (Å²) in [6.07, 6.45) is 1.78. The van der Waals surface area contributed by atoms with E-state index in [1.165, 1.54) is 0 Å². The molecule has 5 nitrogen and oxygen atoms in total. The number of urea groups is 1. The number of benzene rings is 1. The maximum Gasteiger partial charge on any atom is 0.320 e. The van der Waals surface area contributed by atoms with Crippen molar-refractivity contribution in [3.05, 3.63) is 48.2 Å². The minimum atomic E-state index is -0.244. The van der Waals surface area contributed by atoms with Crippen LogP contribution in [0, 0.1) is 5.92 Å². The number of amides is 2. The van der Waals surface area contributed by atoms with E-state index in [9.17, 15) is 4.79 Å².